The summed E-state index contributed by atoms with van der Waals surface area (Å²) in [7, 11) is 0. The molecular weight excluding hydrogens is 293 g/mol. The van der Waals surface area contributed by atoms with E-state index in [0.29, 0.717) is 0 Å². The van der Waals surface area contributed by atoms with E-state index >= 15 is 0 Å². The van der Waals surface area contributed by atoms with Gasteiger partial charge in [0, 0.05) is 38.5 Å². The number of thiocarbonyl (C=S) groups is 1. The highest BCUT2D eigenvalue weighted by Gasteiger charge is 2.23. The number of benzene rings is 1. The van der Waals surface area contributed by atoms with E-state index in [4.69, 9.17) is 12.2 Å². The number of anilines is 1. The fraction of sp³-hybridized carbons (Fsp3) is 0.500. The quantitative estimate of drug-likeness (QED) is 0.790. The molecule has 0 atom stereocenters. The minimum absolute atomic E-state index is 0.127. The highest BCUT2D eigenvalue weighted by molar-refractivity contribution is 8.23. The lowest BCUT2D eigenvalue weighted by Gasteiger charge is -2.38. The van der Waals surface area contributed by atoms with Crippen LogP contribution < -0.4 is 4.90 Å². The van der Waals surface area contributed by atoms with Gasteiger partial charge in [-0.2, -0.15) is 0 Å². The zero-order valence-corrected chi connectivity index (χ0v) is 12.9. The van der Waals surface area contributed by atoms with Crippen molar-refractivity contribution < 1.29 is 4.39 Å². The molecule has 2 heterocycles. The molecule has 0 saturated carbocycles. The van der Waals surface area contributed by atoms with Crippen LogP contribution in [-0.2, 0) is 0 Å². The predicted octanol–water partition coefficient (Wildman–Crippen LogP) is 2.24. The summed E-state index contributed by atoms with van der Waals surface area (Å²) in [5.74, 6) is 0.978. The van der Waals surface area contributed by atoms with E-state index in [0.717, 1.165) is 55.2 Å². The molecule has 0 aliphatic carbocycles. The SMILES string of the molecule is Fc1ccccc1N1CCN(CN2CCSC2=S)CC1. The average molecular weight is 311 g/mol. The fourth-order valence-electron chi connectivity index (χ4n) is 2.63. The molecule has 6 heteroatoms. The lowest BCUT2D eigenvalue weighted by molar-refractivity contribution is 0.187. The molecule has 0 radical (unpaired) electrons. The molecule has 1 aromatic carbocycles. The number of thioether (sulfide) groups is 1. The van der Waals surface area contributed by atoms with Gasteiger partial charge in [-0.15, -0.1) is 0 Å². The number of rotatable bonds is 3. The molecule has 2 aliphatic rings. The van der Waals surface area contributed by atoms with E-state index in [9.17, 15) is 4.39 Å². The topological polar surface area (TPSA) is 9.72 Å². The molecule has 2 saturated heterocycles. The van der Waals surface area contributed by atoms with Gasteiger partial charge in [0.15, 0.2) is 0 Å². The molecule has 3 rings (SSSR count). The fourth-order valence-corrected chi connectivity index (χ4v) is 3.85. The summed E-state index contributed by atoms with van der Waals surface area (Å²) in [5.41, 5.74) is 0.722. The third-order valence-corrected chi connectivity index (χ3v) is 5.28. The first-order valence-electron chi connectivity index (χ1n) is 6.87. The van der Waals surface area contributed by atoms with E-state index in [-0.39, 0.29) is 5.82 Å². The van der Waals surface area contributed by atoms with Crippen LogP contribution in [0.2, 0.25) is 0 Å². The van der Waals surface area contributed by atoms with Gasteiger partial charge in [-0.3, -0.25) is 4.90 Å². The van der Waals surface area contributed by atoms with Crippen LogP contribution in [0.4, 0.5) is 10.1 Å². The van der Waals surface area contributed by atoms with Gasteiger partial charge < -0.3 is 9.80 Å². The maximum atomic E-state index is 13.8. The number of para-hydroxylation sites is 1. The van der Waals surface area contributed by atoms with Crippen LogP contribution in [0.3, 0.4) is 0 Å². The Morgan fingerprint density at radius 3 is 2.50 bits per heavy atom. The Bertz CT molecular complexity index is 489. The second-order valence-corrected chi connectivity index (χ2v) is 6.80. The van der Waals surface area contributed by atoms with Gasteiger partial charge in [0.1, 0.15) is 10.1 Å². The molecular formula is C14H18FN3S2. The molecule has 3 nitrogen and oxygen atoms in total. The van der Waals surface area contributed by atoms with Crippen molar-refractivity contribution in [3.05, 3.63) is 30.1 Å². The second-order valence-electron chi connectivity index (χ2n) is 5.08. The molecule has 0 unspecified atom stereocenters. The Morgan fingerprint density at radius 2 is 1.85 bits per heavy atom. The van der Waals surface area contributed by atoms with Crippen molar-refractivity contribution in [2.45, 2.75) is 0 Å². The van der Waals surface area contributed by atoms with E-state index in [1.807, 2.05) is 12.1 Å². The third kappa shape index (κ3) is 3.07. The Kier molecular flexibility index (Phi) is 4.43. The number of hydrogen-bond donors (Lipinski definition) is 0. The van der Waals surface area contributed by atoms with Crippen molar-refractivity contribution in [2.24, 2.45) is 0 Å². The average Bonchev–Trinajstić information content (AvgIpc) is 2.86. The summed E-state index contributed by atoms with van der Waals surface area (Å²) >= 11 is 7.09. The zero-order valence-electron chi connectivity index (χ0n) is 11.3. The summed E-state index contributed by atoms with van der Waals surface area (Å²) in [5, 5.41) is 0. The monoisotopic (exact) mass is 311 g/mol. The Morgan fingerprint density at radius 1 is 1.10 bits per heavy atom. The standard InChI is InChI=1S/C14H18FN3S2/c15-12-3-1-2-4-13(12)17-7-5-16(6-8-17)11-18-9-10-20-14(18)19/h1-4H,5-11H2. The second kappa shape index (κ2) is 6.28. The largest absolute Gasteiger partial charge is 0.367 e. The van der Waals surface area contributed by atoms with Crippen LogP contribution in [0, 0.1) is 5.82 Å². The van der Waals surface area contributed by atoms with Gasteiger partial charge in [0.25, 0.3) is 0 Å². The highest BCUT2D eigenvalue weighted by atomic mass is 32.2. The Hall–Kier alpha value is -0.850. The number of hydrogen-bond acceptors (Lipinski definition) is 4. The van der Waals surface area contributed by atoms with Gasteiger partial charge in [-0.1, -0.05) is 36.1 Å². The maximum Gasteiger partial charge on any atom is 0.146 e. The van der Waals surface area contributed by atoms with Gasteiger partial charge in [-0.05, 0) is 12.1 Å². The van der Waals surface area contributed by atoms with Crippen molar-refractivity contribution >= 4 is 34.0 Å². The molecule has 20 heavy (non-hydrogen) atoms. The molecule has 2 fully saturated rings. The molecule has 0 amide bonds. The summed E-state index contributed by atoms with van der Waals surface area (Å²) < 4.78 is 14.8. The maximum absolute atomic E-state index is 13.8. The number of nitrogens with zero attached hydrogens (tertiary/aromatic N) is 3. The first-order valence-corrected chi connectivity index (χ1v) is 8.27. The molecule has 0 aromatic heterocycles. The molecule has 1 aromatic rings. The van der Waals surface area contributed by atoms with Crippen molar-refractivity contribution in [1.82, 2.24) is 9.80 Å². The van der Waals surface area contributed by atoms with E-state index in [2.05, 4.69) is 14.7 Å². The van der Waals surface area contributed by atoms with E-state index in [1.54, 1.807) is 17.8 Å². The Balaban J connectivity index is 1.54. The summed E-state index contributed by atoms with van der Waals surface area (Å²) in [6.07, 6.45) is 0. The van der Waals surface area contributed by atoms with E-state index < -0.39 is 0 Å². The Labute approximate surface area is 128 Å². The van der Waals surface area contributed by atoms with Crippen LogP contribution in [-0.4, -0.2) is 59.3 Å². The molecule has 0 bridgehead atoms. The van der Waals surface area contributed by atoms with Crippen molar-refractivity contribution in [3.63, 3.8) is 0 Å². The number of piperazine rings is 1. The van der Waals surface area contributed by atoms with Crippen LogP contribution in [0.25, 0.3) is 0 Å². The lowest BCUT2D eigenvalue weighted by atomic mass is 10.2. The van der Waals surface area contributed by atoms with Crippen LogP contribution in [0.5, 0.6) is 0 Å². The van der Waals surface area contributed by atoms with Crippen LogP contribution in [0.1, 0.15) is 0 Å². The summed E-state index contributed by atoms with van der Waals surface area (Å²) in [6, 6.07) is 7.02. The van der Waals surface area contributed by atoms with Crippen molar-refractivity contribution in [3.8, 4) is 0 Å². The predicted molar refractivity (Wildman–Crippen MR) is 86.8 cm³/mol. The van der Waals surface area contributed by atoms with Crippen molar-refractivity contribution in [1.29, 1.82) is 0 Å². The molecule has 108 valence electrons. The molecule has 0 spiro atoms. The van der Waals surface area contributed by atoms with Gasteiger partial charge in [-0.25, -0.2) is 4.39 Å². The first kappa shape index (κ1) is 14.1. The first-order chi connectivity index (χ1) is 9.74. The van der Waals surface area contributed by atoms with Gasteiger partial charge in [0.2, 0.25) is 0 Å². The summed E-state index contributed by atoms with van der Waals surface area (Å²) in [6.45, 7) is 5.62. The highest BCUT2D eigenvalue weighted by Crippen LogP contribution is 2.21. The van der Waals surface area contributed by atoms with Gasteiger partial charge >= 0.3 is 0 Å². The lowest BCUT2D eigenvalue weighted by Crippen LogP contribution is -2.50. The van der Waals surface area contributed by atoms with Crippen LogP contribution in [0.15, 0.2) is 24.3 Å². The smallest absolute Gasteiger partial charge is 0.146 e. The number of halogens is 1. The van der Waals surface area contributed by atoms with Gasteiger partial charge in [0.05, 0.1) is 12.4 Å². The molecule has 0 N–H and O–H groups in total. The third-order valence-electron chi connectivity index (χ3n) is 3.78. The summed E-state index contributed by atoms with van der Waals surface area (Å²) in [4.78, 5) is 6.79. The van der Waals surface area contributed by atoms with E-state index in [1.165, 1.54) is 6.07 Å². The zero-order chi connectivity index (χ0) is 13.9. The van der Waals surface area contributed by atoms with Crippen LogP contribution >= 0.6 is 24.0 Å². The minimum Gasteiger partial charge on any atom is -0.367 e. The molecule has 2 aliphatic heterocycles. The normalized spacial score (nSPS) is 20.8. The minimum atomic E-state index is -0.127. The van der Waals surface area contributed by atoms with Crippen molar-refractivity contribution in [2.75, 3.05) is 50.0 Å².